The number of hydrogen-bond donors (Lipinski definition) is 0. The van der Waals surface area contributed by atoms with E-state index < -0.39 is 0 Å². The molecule has 1 aliphatic heterocycles. The van der Waals surface area contributed by atoms with Crippen LogP contribution in [0.2, 0.25) is 0 Å². The summed E-state index contributed by atoms with van der Waals surface area (Å²) in [5.74, 6) is 0.419. The van der Waals surface area contributed by atoms with Crippen molar-refractivity contribution in [3.63, 3.8) is 0 Å². The van der Waals surface area contributed by atoms with E-state index in [0.717, 1.165) is 43.2 Å². The van der Waals surface area contributed by atoms with E-state index in [0.29, 0.717) is 12.4 Å². The molecular weight excluding hydrogens is 395 g/mol. The minimum absolute atomic E-state index is 0.0915. The molecule has 1 aromatic carbocycles. The molecule has 2 aromatic heterocycles. The standard InChI is InChI=1S/C21H21FN2O2S2/c22-17-3-5-18(6-4-17)26-14-16-12-20(28-15-16)21(25)24-9-7-23(8-10-24)13-19-2-1-11-27-19/h1-6,11-12,15H,7-10,13-14H2. The van der Waals surface area contributed by atoms with Crippen LogP contribution < -0.4 is 4.74 Å². The van der Waals surface area contributed by atoms with Crippen molar-refractivity contribution in [2.75, 3.05) is 26.2 Å². The van der Waals surface area contributed by atoms with Gasteiger partial charge in [0.1, 0.15) is 18.2 Å². The molecule has 146 valence electrons. The highest BCUT2D eigenvalue weighted by Gasteiger charge is 2.23. The van der Waals surface area contributed by atoms with E-state index in [4.69, 9.17) is 4.74 Å². The van der Waals surface area contributed by atoms with Crippen molar-refractivity contribution in [2.24, 2.45) is 0 Å². The maximum absolute atomic E-state index is 12.9. The maximum atomic E-state index is 12.9. The lowest BCUT2D eigenvalue weighted by Crippen LogP contribution is -2.48. The van der Waals surface area contributed by atoms with Crippen LogP contribution in [-0.4, -0.2) is 41.9 Å². The van der Waals surface area contributed by atoms with Gasteiger partial charge in [-0.25, -0.2) is 4.39 Å². The normalized spacial score (nSPS) is 15.0. The number of amides is 1. The van der Waals surface area contributed by atoms with Crippen LogP contribution in [0.15, 0.2) is 53.2 Å². The van der Waals surface area contributed by atoms with E-state index in [-0.39, 0.29) is 11.7 Å². The molecule has 1 amide bonds. The van der Waals surface area contributed by atoms with Crippen molar-refractivity contribution in [1.82, 2.24) is 9.80 Å². The first-order valence-electron chi connectivity index (χ1n) is 9.17. The Bertz CT molecular complexity index is 901. The summed E-state index contributed by atoms with van der Waals surface area (Å²) in [4.78, 5) is 19.2. The zero-order valence-electron chi connectivity index (χ0n) is 15.3. The van der Waals surface area contributed by atoms with Gasteiger partial charge in [0.05, 0.1) is 4.88 Å². The summed E-state index contributed by atoms with van der Waals surface area (Å²) in [5, 5.41) is 4.05. The van der Waals surface area contributed by atoms with Crippen molar-refractivity contribution in [3.8, 4) is 5.75 Å². The highest BCUT2D eigenvalue weighted by atomic mass is 32.1. The van der Waals surface area contributed by atoms with E-state index in [2.05, 4.69) is 22.4 Å². The van der Waals surface area contributed by atoms with E-state index in [9.17, 15) is 9.18 Å². The van der Waals surface area contributed by atoms with Crippen molar-refractivity contribution >= 4 is 28.6 Å². The molecule has 4 nitrogen and oxygen atoms in total. The average molecular weight is 417 g/mol. The summed E-state index contributed by atoms with van der Waals surface area (Å²) in [5.41, 5.74) is 0.953. The lowest BCUT2D eigenvalue weighted by molar-refractivity contribution is 0.0634. The van der Waals surface area contributed by atoms with Crippen LogP contribution in [-0.2, 0) is 13.2 Å². The fraction of sp³-hybridized carbons (Fsp3) is 0.286. The molecular formula is C21H21FN2O2S2. The van der Waals surface area contributed by atoms with Crippen LogP contribution in [0, 0.1) is 5.82 Å². The molecule has 0 spiro atoms. The van der Waals surface area contributed by atoms with Crippen molar-refractivity contribution in [3.05, 3.63) is 74.4 Å². The topological polar surface area (TPSA) is 32.8 Å². The first kappa shape index (κ1) is 19.1. The molecule has 1 saturated heterocycles. The van der Waals surface area contributed by atoms with Crippen LogP contribution in [0.5, 0.6) is 5.75 Å². The zero-order valence-corrected chi connectivity index (χ0v) is 17.0. The van der Waals surface area contributed by atoms with Gasteiger partial charge in [-0.3, -0.25) is 9.69 Å². The Hall–Kier alpha value is -2.22. The Morgan fingerprint density at radius 1 is 1.07 bits per heavy atom. The lowest BCUT2D eigenvalue weighted by Gasteiger charge is -2.34. The summed E-state index contributed by atoms with van der Waals surface area (Å²) in [6, 6.07) is 12.1. The Labute approximate surface area is 171 Å². The van der Waals surface area contributed by atoms with Gasteiger partial charge in [0.2, 0.25) is 0 Å². The summed E-state index contributed by atoms with van der Waals surface area (Å²) in [6.07, 6.45) is 0. The van der Waals surface area contributed by atoms with Crippen molar-refractivity contribution in [2.45, 2.75) is 13.2 Å². The molecule has 0 radical (unpaired) electrons. The second kappa shape index (κ2) is 8.86. The summed E-state index contributed by atoms with van der Waals surface area (Å²) < 4.78 is 18.6. The molecule has 3 heterocycles. The van der Waals surface area contributed by atoms with Gasteiger partial charge in [-0.1, -0.05) is 6.07 Å². The van der Waals surface area contributed by atoms with E-state index >= 15 is 0 Å². The highest BCUT2D eigenvalue weighted by molar-refractivity contribution is 7.12. The fourth-order valence-electron chi connectivity index (χ4n) is 3.15. The van der Waals surface area contributed by atoms with E-state index in [1.54, 1.807) is 23.5 Å². The second-order valence-electron chi connectivity index (χ2n) is 6.71. The molecule has 0 unspecified atom stereocenters. The molecule has 0 saturated carbocycles. The molecule has 3 aromatic rings. The molecule has 0 aliphatic carbocycles. The molecule has 1 aliphatic rings. The zero-order chi connectivity index (χ0) is 19.3. The van der Waals surface area contributed by atoms with Gasteiger partial charge in [0.25, 0.3) is 5.91 Å². The van der Waals surface area contributed by atoms with Gasteiger partial charge in [-0.05, 0) is 47.2 Å². The monoisotopic (exact) mass is 416 g/mol. The average Bonchev–Trinajstić information content (AvgIpc) is 3.40. The van der Waals surface area contributed by atoms with Gasteiger partial charge < -0.3 is 9.64 Å². The number of hydrogen-bond acceptors (Lipinski definition) is 5. The van der Waals surface area contributed by atoms with Crippen molar-refractivity contribution < 1.29 is 13.9 Å². The number of piperazine rings is 1. The second-order valence-corrected chi connectivity index (χ2v) is 8.65. The third-order valence-electron chi connectivity index (χ3n) is 4.70. The Morgan fingerprint density at radius 2 is 1.86 bits per heavy atom. The van der Waals surface area contributed by atoms with Crippen LogP contribution in [0.25, 0.3) is 0 Å². The number of rotatable bonds is 6. The number of thiophene rings is 2. The Kier molecular flexibility index (Phi) is 6.04. The largest absolute Gasteiger partial charge is 0.489 e. The first-order chi connectivity index (χ1) is 13.7. The minimum atomic E-state index is -0.286. The van der Waals surface area contributed by atoms with Gasteiger partial charge in [-0.2, -0.15) is 0 Å². The van der Waals surface area contributed by atoms with Gasteiger partial charge >= 0.3 is 0 Å². The third kappa shape index (κ3) is 4.79. The summed E-state index contributed by atoms with van der Waals surface area (Å²) in [7, 11) is 0. The predicted octanol–water partition coefficient (Wildman–Crippen LogP) is 4.49. The predicted molar refractivity (Wildman–Crippen MR) is 111 cm³/mol. The number of halogens is 1. The molecule has 0 atom stereocenters. The number of carbonyl (C=O) groups excluding carboxylic acids is 1. The van der Waals surface area contributed by atoms with E-state index in [1.165, 1.54) is 28.3 Å². The molecule has 0 bridgehead atoms. The minimum Gasteiger partial charge on any atom is -0.489 e. The Morgan fingerprint density at radius 3 is 2.57 bits per heavy atom. The van der Waals surface area contributed by atoms with Crippen LogP contribution >= 0.6 is 22.7 Å². The van der Waals surface area contributed by atoms with E-state index in [1.807, 2.05) is 16.3 Å². The maximum Gasteiger partial charge on any atom is 0.264 e. The molecule has 4 rings (SSSR count). The quantitative estimate of drug-likeness (QED) is 0.594. The van der Waals surface area contributed by atoms with Gasteiger partial charge in [0, 0.05) is 43.2 Å². The van der Waals surface area contributed by atoms with Gasteiger partial charge in [0.15, 0.2) is 0 Å². The third-order valence-corrected chi connectivity index (χ3v) is 6.53. The summed E-state index contributed by atoms with van der Waals surface area (Å²) >= 11 is 3.23. The number of benzene rings is 1. The molecule has 0 N–H and O–H groups in total. The lowest BCUT2D eigenvalue weighted by atomic mass is 10.2. The Balaban J connectivity index is 1.27. The van der Waals surface area contributed by atoms with Crippen LogP contribution in [0.4, 0.5) is 4.39 Å². The number of carbonyl (C=O) groups is 1. The fourth-order valence-corrected chi connectivity index (χ4v) is 4.76. The molecule has 28 heavy (non-hydrogen) atoms. The number of nitrogens with zero attached hydrogens (tertiary/aromatic N) is 2. The molecule has 1 fully saturated rings. The van der Waals surface area contributed by atoms with Gasteiger partial charge in [-0.15, -0.1) is 22.7 Å². The first-order valence-corrected chi connectivity index (χ1v) is 10.9. The highest BCUT2D eigenvalue weighted by Crippen LogP contribution is 2.21. The summed E-state index contributed by atoms with van der Waals surface area (Å²) in [6.45, 7) is 4.63. The van der Waals surface area contributed by atoms with Crippen LogP contribution in [0.3, 0.4) is 0 Å². The SMILES string of the molecule is O=C(c1cc(COc2ccc(F)cc2)cs1)N1CCN(Cc2cccs2)CC1. The molecule has 7 heteroatoms. The number of ether oxygens (including phenoxy) is 1. The van der Waals surface area contributed by atoms with Crippen molar-refractivity contribution in [1.29, 1.82) is 0 Å². The smallest absolute Gasteiger partial charge is 0.264 e. The van der Waals surface area contributed by atoms with Crippen LogP contribution in [0.1, 0.15) is 20.1 Å².